The van der Waals surface area contributed by atoms with E-state index in [0.717, 1.165) is 74.4 Å². The summed E-state index contributed by atoms with van der Waals surface area (Å²) in [5.74, 6) is 0. The standard InChI is InChI=1S/C32H24N4/c1-3-7-21(8-4-1)31-27-15-11-23(33-27)19-25-13-17-29(35-25)32(22-9-5-2-6-10-22)30-18-14-26(36-30)20-24-12-16-28(31)34-24/h1,3-5,7-20,33,36H,2,6H2. The first-order valence-corrected chi connectivity index (χ1v) is 12.3. The first kappa shape index (κ1) is 20.7. The molecule has 7 rings (SSSR count). The average molecular weight is 465 g/mol. The fourth-order valence-electron chi connectivity index (χ4n) is 5.08. The second kappa shape index (κ2) is 8.51. The number of nitrogens with zero attached hydrogens (tertiary/aromatic N) is 2. The Morgan fingerprint density at radius 1 is 0.583 bits per heavy atom. The lowest BCUT2D eigenvalue weighted by Gasteiger charge is -2.08. The van der Waals surface area contributed by atoms with Crippen LogP contribution in [-0.4, -0.2) is 19.9 Å². The third-order valence-corrected chi connectivity index (χ3v) is 6.74. The van der Waals surface area contributed by atoms with Gasteiger partial charge in [0.2, 0.25) is 0 Å². The van der Waals surface area contributed by atoms with Crippen molar-refractivity contribution in [3.05, 3.63) is 113 Å². The van der Waals surface area contributed by atoms with Crippen LogP contribution in [0.2, 0.25) is 0 Å². The summed E-state index contributed by atoms with van der Waals surface area (Å²) in [5, 5.41) is 0. The van der Waals surface area contributed by atoms with Gasteiger partial charge in [0.1, 0.15) is 0 Å². The highest BCUT2D eigenvalue weighted by Gasteiger charge is 2.14. The van der Waals surface area contributed by atoms with Crippen LogP contribution in [0.25, 0.3) is 63.1 Å². The summed E-state index contributed by atoms with van der Waals surface area (Å²) in [7, 11) is 0. The van der Waals surface area contributed by atoms with Gasteiger partial charge in [-0.1, -0.05) is 48.6 Å². The van der Waals surface area contributed by atoms with Crippen LogP contribution in [0.1, 0.15) is 41.2 Å². The number of aromatic amines is 2. The molecule has 2 aliphatic heterocycles. The van der Waals surface area contributed by atoms with Crippen LogP contribution in [0.4, 0.5) is 0 Å². The Hall–Kier alpha value is -4.70. The van der Waals surface area contributed by atoms with Gasteiger partial charge in [0, 0.05) is 33.2 Å². The molecule has 8 bridgehead atoms. The molecule has 0 saturated carbocycles. The zero-order chi connectivity index (χ0) is 23.9. The van der Waals surface area contributed by atoms with Crippen molar-refractivity contribution >= 4 is 51.9 Å². The Kier molecular flexibility index (Phi) is 4.88. The highest BCUT2D eigenvalue weighted by molar-refractivity contribution is 5.93. The summed E-state index contributed by atoms with van der Waals surface area (Å²) in [6, 6.07) is 23.1. The minimum absolute atomic E-state index is 0.921. The molecule has 0 fully saturated rings. The maximum atomic E-state index is 5.02. The largest absolute Gasteiger partial charge is 0.355 e. The molecule has 4 aromatic rings. The molecule has 3 aromatic heterocycles. The van der Waals surface area contributed by atoms with Gasteiger partial charge in [-0.25, -0.2) is 9.97 Å². The van der Waals surface area contributed by atoms with E-state index in [2.05, 4.69) is 113 Å². The van der Waals surface area contributed by atoms with Crippen LogP contribution in [-0.2, 0) is 0 Å². The number of fused-ring (bicyclic) bond motifs is 8. The van der Waals surface area contributed by atoms with E-state index in [1.807, 2.05) is 6.07 Å². The number of hydrogen-bond acceptors (Lipinski definition) is 2. The van der Waals surface area contributed by atoms with Crippen molar-refractivity contribution in [2.75, 3.05) is 0 Å². The summed E-state index contributed by atoms with van der Waals surface area (Å²) in [6.07, 6.45) is 17.3. The third-order valence-electron chi connectivity index (χ3n) is 6.74. The Bertz CT molecular complexity index is 1780. The maximum Gasteiger partial charge on any atom is 0.0736 e. The summed E-state index contributed by atoms with van der Waals surface area (Å²) < 4.78 is 0. The van der Waals surface area contributed by atoms with Crippen LogP contribution in [0.15, 0.2) is 85.0 Å². The molecule has 1 aromatic carbocycles. The van der Waals surface area contributed by atoms with Crippen molar-refractivity contribution in [3.63, 3.8) is 0 Å². The number of H-pyrrole nitrogens is 2. The van der Waals surface area contributed by atoms with Crippen molar-refractivity contribution in [2.24, 2.45) is 0 Å². The van der Waals surface area contributed by atoms with Crippen molar-refractivity contribution in [1.82, 2.24) is 19.9 Å². The molecule has 5 heterocycles. The summed E-state index contributed by atoms with van der Waals surface area (Å²) in [5.41, 5.74) is 12.4. The fourth-order valence-corrected chi connectivity index (χ4v) is 5.08. The molecule has 4 nitrogen and oxygen atoms in total. The van der Waals surface area contributed by atoms with Gasteiger partial charge >= 0.3 is 0 Å². The van der Waals surface area contributed by atoms with Crippen LogP contribution in [0.5, 0.6) is 0 Å². The van der Waals surface area contributed by atoms with E-state index in [4.69, 9.17) is 9.97 Å². The number of benzene rings is 1. The molecule has 4 heteroatoms. The normalized spacial score (nSPS) is 14.3. The molecule has 172 valence electrons. The zero-order valence-corrected chi connectivity index (χ0v) is 19.7. The fraction of sp³-hybridized carbons (Fsp3) is 0.0625. The smallest absolute Gasteiger partial charge is 0.0736 e. The van der Waals surface area contributed by atoms with Gasteiger partial charge in [-0.2, -0.15) is 0 Å². The Morgan fingerprint density at radius 3 is 1.86 bits per heavy atom. The van der Waals surface area contributed by atoms with Crippen molar-refractivity contribution < 1.29 is 0 Å². The van der Waals surface area contributed by atoms with Crippen molar-refractivity contribution in [1.29, 1.82) is 0 Å². The van der Waals surface area contributed by atoms with E-state index in [0.29, 0.717) is 0 Å². The molecule has 0 amide bonds. The van der Waals surface area contributed by atoms with E-state index >= 15 is 0 Å². The molecule has 3 aliphatic rings. The molecule has 0 unspecified atom stereocenters. The molecular formula is C32H24N4. The minimum atomic E-state index is 0.921. The van der Waals surface area contributed by atoms with E-state index in [1.54, 1.807) is 0 Å². The topological polar surface area (TPSA) is 57.4 Å². The van der Waals surface area contributed by atoms with Crippen molar-refractivity contribution in [2.45, 2.75) is 12.8 Å². The lowest BCUT2D eigenvalue weighted by Crippen LogP contribution is -1.91. The molecule has 2 N–H and O–H groups in total. The summed E-state index contributed by atoms with van der Waals surface area (Å²) in [4.78, 5) is 17.2. The Labute approximate surface area is 209 Å². The Morgan fingerprint density at radius 2 is 1.22 bits per heavy atom. The van der Waals surface area contributed by atoms with E-state index in [-0.39, 0.29) is 0 Å². The first-order valence-electron chi connectivity index (χ1n) is 12.3. The number of hydrogen-bond donors (Lipinski definition) is 2. The number of nitrogens with one attached hydrogen (secondary N) is 2. The van der Waals surface area contributed by atoms with Crippen LogP contribution in [0.3, 0.4) is 0 Å². The molecule has 0 saturated heterocycles. The van der Waals surface area contributed by atoms with Crippen molar-refractivity contribution in [3.8, 4) is 11.1 Å². The number of aromatic nitrogens is 4. The van der Waals surface area contributed by atoms with E-state index in [1.165, 1.54) is 5.57 Å². The SMILES string of the molecule is C1=CC(c2c3nc(cc4ccc([nH]4)c(-c4ccccc4)c4nc(cc5ccc2[nH]5)C=C4)C=C3)=CCC1. The lowest BCUT2D eigenvalue weighted by molar-refractivity contribution is 1.04. The summed E-state index contributed by atoms with van der Waals surface area (Å²) in [6.45, 7) is 0. The Balaban J connectivity index is 1.57. The maximum absolute atomic E-state index is 5.02. The van der Waals surface area contributed by atoms with E-state index < -0.39 is 0 Å². The molecule has 0 radical (unpaired) electrons. The van der Waals surface area contributed by atoms with Crippen LogP contribution in [0, 0.1) is 0 Å². The van der Waals surface area contributed by atoms with E-state index in [9.17, 15) is 0 Å². The predicted octanol–water partition coefficient (Wildman–Crippen LogP) is 8.06. The minimum Gasteiger partial charge on any atom is -0.355 e. The molecule has 36 heavy (non-hydrogen) atoms. The van der Waals surface area contributed by atoms with Gasteiger partial charge in [0.05, 0.1) is 22.8 Å². The summed E-state index contributed by atoms with van der Waals surface area (Å²) >= 11 is 0. The van der Waals surface area contributed by atoms with Crippen LogP contribution >= 0.6 is 0 Å². The number of rotatable bonds is 2. The molecule has 0 spiro atoms. The third kappa shape index (κ3) is 3.73. The number of allylic oxidation sites excluding steroid dienone is 4. The highest BCUT2D eigenvalue weighted by Crippen LogP contribution is 2.32. The average Bonchev–Trinajstić information content (AvgIpc) is 3.72. The van der Waals surface area contributed by atoms with Gasteiger partial charge in [-0.05, 0) is 84.7 Å². The molecule has 0 atom stereocenters. The quantitative estimate of drug-likeness (QED) is 0.272. The monoisotopic (exact) mass is 464 g/mol. The second-order valence-corrected chi connectivity index (χ2v) is 9.21. The zero-order valence-electron chi connectivity index (χ0n) is 19.7. The molecular weight excluding hydrogens is 440 g/mol. The first-order chi connectivity index (χ1) is 17.8. The van der Waals surface area contributed by atoms with Crippen LogP contribution < -0.4 is 0 Å². The van der Waals surface area contributed by atoms with Gasteiger partial charge < -0.3 is 9.97 Å². The van der Waals surface area contributed by atoms with Gasteiger partial charge in [0.25, 0.3) is 0 Å². The lowest BCUT2D eigenvalue weighted by atomic mass is 9.98. The van der Waals surface area contributed by atoms with Gasteiger partial charge in [0.15, 0.2) is 0 Å². The van der Waals surface area contributed by atoms with Gasteiger partial charge in [-0.3, -0.25) is 0 Å². The van der Waals surface area contributed by atoms with Gasteiger partial charge in [-0.15, -0.1) is 0 Å². The second-order valence-electron chi connectivity index (χ2n) is 9.21. The highest BCUT2D eigenvalue weighted by atomic mass is 14.8. The molecule has 1 aliphatic carbocycles. The predicted molar refractivity (Wildman–Crippen MR) is 151 cm³/mol.